The number of amides is 1. The number of rotatable bonds is 4. The summed E-state index contributed by atoms with van der Waals surface area (Å²) >= 11 is 6.31. The van der Waals surface area contributed by atoms with Crippen LogP contribution >= 0.6 is 23.4 Å². The molecule has 1 amide bonds. The molecule has 0 aliphatic rings. The number of carbonyl (C=O) groups is 1. The zero-order valence-electron chi connectivity index (χ0n) is 8.91. The number of nitroso groups, excluding NO2 is 1. The first-order chi connectivity index (χ1) is 8.76. The molecule has 2 aromatic heterocycles. The highest BCUT2D eigenvalue weighted by molar-refractivity contribution is 8.13. The third-order valence-corrected chi connectivity index (χ3v) is 2.93. The van der Waals surface area contributed by atoms with Gasteiger partial charge in [0.05, 0.1) is 5.29 Å². The molecule has 0 aliphatic carbocycles. The quantitative estimate of drug-likeness (QED) is 0.394. The number of thioether (sulfide) groups is 1. The van der Waals surface area contributed by atoms with Crippen molar-refractivity contribution in [3.63, 3.8) is 0 Å². The first kappa shape index (κ1) is 12.7. The Hall–Kier alpha value is -1.74. The summed E-state index contributed by atoms with van der Waals surface area (Å²) in [5, 5.41) is 5.35. The van der Waals surface area contributed by atoms with Crippen molar-refractivity contribution in [3.05, 3.63) is 17.6 Å². The van der Waals surface area contributed by atoms with Crippen molar-refractivity contribution < 1.29 is 4.79 Å². The summed E-state index contributed by atoms with van der Waals surface area (Å²) in [6.07, 6.45) is 2.45. The molecule has 94 valence electrons. The van der Waals surface area contributed by atoms with Gasteiger partial charge in [-0.15, -0.1) is 16.5 Å². The van der Waals surface area contributed by atoms with Gasteiger partial charge in [-0.3, -0.25) is 4.79 Å². The highest BCUT2D eigenvalue weighted by Gasteiger charge is 2.14. The molecule has 10 heteroatoms. The number of hydrogen-bond donors (Lipinski definition) is 1. The molecule has 1 N–H and O–H groups in total. The molecule has 0 saturated heterocycles. The third kappa shape index (κ3) is 2.57. The molecule has 0 aromatic carbocycles. The fourth-order valence-electron chi connectivity index (χ4n) is 1.21. The average Bonchev–Trinajstić information content (AvgIpc) is 2.80. The zero-order chi connectivity index (χ0) is 13.0. The molecule has 2 aromatic rings. The molecule has 0 saturated carbocycles. The summed E-state index contributed by atoms with van der Waals surface area (Å²) in [6, 6.07) is 0. The maximum Gasteiger partial charge on any atom is 0.285 e. The standard InChI is InChI=1S/C8H7ClN6O2S/c9-1-2-10-8(16)18-7-5-6(11-3-12-7)15(14-17)4-13-5/h3-4H,1-2H2,(H,10,16). The van der Waals surface area contributed by atoms with Crippen molar-refractivity contribution in [2.45, 2.75) is 5.03 Å². The van der Waals surface area contributed by atoms with Gasteiger partial charge in [-0.05, 0) is 11.8 Å². The number of fused-ring (bicyclic) bond motifs is 1. The summed E-state index contributed by atoms with van der Waals surface area (Å²) in [5.74, 6) is 0.329. The first-order valence-corrected chi connectivity index (χ1v) is 6.14. The molecule has 18 heavy (non-hydrogen) atoms. The van der Waals surface area contributed by atoms with E-state index < -0.39 is 0 Å². The second kappa shape index (κ2) is 5.74. The molecule has 2 heterocycles. The van der Waals surface area contributed by atoms with Gasteiger partial charge in [0.15, 0.2) is 5.65 Å². The molecule has 0 spiro atoms. The number of alkyl halides is 1. The minimum absolute atomic E-state index is 0.257. The SMILES string of the molecule is O=Nn1cnc2c(SC(=O)NCCCl)ncnc21. The fourth-order valence-corrected chi connectivity index (χ4v) is 1.99. The van der Waals surface area contributed by atoms with Crippen LogP contribution in [0.1, 0.15) is 0 Å². The number of halogens is 1. The smallest absolute Gasteiger partial charge is 0.285 e. The van der Waals surface area contributed by atoms with Gasteiger partial charge in [0.2, 0.25) is 0 Å². The number of nitrogens with zero attached hydrogens (tertiary/aromatic N) is 5. The lowest BCUT2D eigenvalue weighted by Gasteiger charge is -2.01. The van der Waals surface area contributed by atoms with Gasteiger partial charge in [0.1, 0.15) is 23.2 Å². The van der Waals surface area contributed by atoms with Crippen molar-refractivity contribution in [2.75, 3.05) is 12.4 Å². The van der Waals surface area contributed by atoms with E-state index in [1.54, 1.807) is 0 Å². The third-order valence-electron chi connectivity index (χ3n) is 1.92. The monoisotopic (exact) mass is 286 g/mol. The van der Waals surface area contributed by atoms with Crippen molar-refractivity contribution in [2.24, 2.45) is 5.29 Å². The van der Waals surface area contributed by atoms with Gasteiger partial charge in [0, 0.05) is 12.4 Å². The molecule has 2 rings (SSSR count). The second-order valence-corrected chi connectivity index (χ2v) is 4.37. The molecule has 0 fully saturated rings. The average molecular weight is 287 g/mol. The first-order valence-electron chi connectivity index (χ1n) is 4.79. The van der Waals surface area contributed by atoms with E-state index in [-0.39, 0.29) is 10.9 Å². The minimum atomic E-state index is -0.302. The van der Waals surface area contributed by atoms with Crippen LogP contribution in [-0.2, 0) is 0 Å². The van der Waals surface area contributed by atoms with Crippen LogP contribution in [0.5, 0.6) is 0 Å². The van der Waals surface area contributed by atoms with Crippen molar-refractivity contribution in [1.29, 1.82) is 0 Å². The summed E-state index contributed by atoms with van der Waals surface area (Å²) in [5.41, 5.74) is 0.607. The van der Waals surface area contributed by atoms with Crippen LogP contribution < -0.4 is 5.32 Å². The largest absolute Gasteiger partial charge is 0.345 e. The van der Waals surface area contributed by atoms with Crippen LogP contribution in [0.15, 0.2) is 23.0 Å². The highest BCUT2D eigenvalue weighted by atomic mass is 35.5. The number of nitrogens with one attached hydrogen (secondary N) is 1. The van der Waals surface area contributed by atoms with Gasteiger partial charge < -0.3 is 5.32 Å². The van der Waals surface area contributed by atoms with E-state index in [1.807, 2.05) is 0 Å². The van der Waals surface area contributed by atoms with Crippen molar-refractivity contribution in [1.82, 2.24) is 24.9 Å². The number of imidazole rings is 1. The Balaban J connectivity index is 2.25. The van der Waals surface area contributed by atoms with E-state index in [0.717, 1.165) is 16.4 Å². The van der Waals surface area contributed by atoms with Crippen LogP contribution in [0.2, 0.25) is 0 Å². The van der Waals surface area contributed by atoms with Crippen LogP contribution in [0.25, 0.3) is 11.2 Å². The van der Waals surface area contributed by atoms with Gasteiger partial charge in [-0.25, -0.2) is 15.0 Å². The predicted octanol–water partition coefficient (Wildman–Crippen LogP) is 1.40. The van der Waals surface area contributed by atoms with Gasteiger partial charge in [-0.2, -0.15) is 4.68 Å². The van der Waals surface area contributed by atoms with E-state index in [0.29, 0.717) is 23.0 Å². The topological polar surface area (TPSA) is 102 Å². The summed E-state index contributed by atoms with van der Waals surface area (Å²) in [6.45, 7) is 0.367. The Morgan fingerprint density at radius 3 is 3.06 bits per heavy atom. The molecule has 0 aliphatic heterocycles. The lowest BCUT2D eigenvalue weighted by molar-refractivity contribution is 0.261. The Morgan fingerprint density at radius 1 is 1.50 bits per heavy atom. The Morgan fingerprint density at radius 2 is 2.33 bits per heavy atom. The summed E-state index contributed by atoms with van der Waals surface area (Å²) in [4.78, 5) is 33.7. The lowest BCUT2D eigenvalue weighted by Crippen LogP contribution is -2.20. The molecule has 0 atom stereocenters. The van der Waals surface area contributed by atoms with E-state index in [1.165, 1.54) is 12.7 Å². The zero-order valence-corrected chi connectivity index (χ0v) is 10.5. The molecular weight excluding hydrogens is 280 g/mol. The molecule has 0 radical (unpaired) electrons. The maximum atomic E-state index is 11.5. The van der Waals surface area contributed by atoms with Gasteiger partial charge in [0.25, 0.3) is 5.24 Å². The van der Waals surface area contributed by atoms with Gasteiger partial charge >= 0.3 is 0 Å². The van der Waals surface area contributed by atoms with Crippen molar-refractivity contribution >= 4 is 39.8 Å². The summed E-state index contributed by atoms with van der Waals surface area (Å²) in [7, 11) is 0. The predicted molar refractivity (Wildman–Crippen MR) is 66.5 cm³/mol. The van der Waals surface area contributed by atoms with E-state index in [9.17, 15) is 9.70 Å². The van der Waals surface area contributed by atoms with Crippen LogP contribution in [0, 0.1) is 4.91 Å². The van der Waals surface area contributed by atoms with Crippen LogP contribution in [-0.4, -0.2) is 37.3 Å². The normalized spacial score (nSPS) is 10.5. The number of hydrogen-bond acceptors (Lipinski definition) is 7. The van der Waals surface area contributed by atoms with E-state index in [4.69, 9.17) is 11.6 Å². The maximum absolute atomic E-state index is 11.5. The Kier molecular flexibility index (Phi) is 4.05. The van der Waals surface area contributed by atoms with Crippen LogP contribution in [0.4, 0.5) is 4.79 Å². The Labute approximate surface area is 110 Å². The second-order valence-electron chi connectivity index (χ2n) is 3.03. The van der Waals surface area contributed by atoms with E-state index >= 15 is 0 Å². The van der Waals surface area contributed by atoms with E-state index in [2.05, 4.69) is 25.6 Å². The molecule has 0 unspecified atom stereocenters. The number of aromatic nitrogens is 4. The summed E-state index contributed by atoms with van der Waals surface area (Å²) < 4.78 is 0.970. The highest BCUT2D eigenvalue weighted by Crippen LogP contribution is 2.23. The fraction of sp³-hybridized carbons (Fsp3) is 0.250. The van der Waals surface area contributed by atoms with Crippen LogP contribution in [0.3, 0.4) is 0 Å². The number of carbonyl (C=O) groups excluding carboxylic acids is 1. The van der Waals surface area contributed by atoms with Gasteiger partial charge in [-0.1, -0.05) is 0 Å². The molecule has 0 bridgehead atoms. The minimum Gasteiger partial charge on any atom is -0.345 e. The molecular formula is C8H7ClN6O2S. The molecule has 8 nitrogen and oxygen atoms in total. The van der Waals surface area contributed by atoms with Crippen molar-refractivity contribution in [3.8, 4) is 0 Å². The lowest BCUT2D eigenvalue weighted by atomic mass is 10.6. The Bertz CT molecular complexity index is 588.